The molecule has 1 N–H and O–H groups in total. The quantitative estimate of drug-likeness (QED) is 0.755. The van der Waals surface area contributed by atoms with Gasteiger partial charge in [-0.3, -0.25) is 9.59 Å². The Balaban J connectivity index is 1.70. The monoisotopic (exact) mass is 421 g/mol. The highest BCUT2D eigenvalue weighted by atomic mass is 32.2. The molecule has 2 aliphatic heterocycles. The number of nitrogens with zero attached hydrogens (tertiary/aromatic N) is 2. The molecule has 29 heavy (non-hydrogen) atoms. The molecule has 2 amide bonds. The third-order valence-electron chi connectivity index (χ3n) is 6.03. The van der Waals surface area contributed by atoms with Crippen LogP contribution in [0.3, 0.4) is 0 Å². The van der Waals surface area contributed by atoms with Gasteiger partial charge in [0.05, 0.1) is 5.75 Å². The number of rotatable bonds is 6. The molecule has 1 aromatic rings. The number of carbonyl (C=O) groups is 2. The molecule has 0 radical (unpaired) electrons. The van der Waals surface area contributed by atoms with Gasteiger partial charge in [0.1, 0.15) is 6.04 Å². The van der Waals surface area contributed by atoms with E-state index < -0.39 is 16.1 Å². The van der Waals surface area contributed by atoms with Crippen molar-refractivity contribution < 1.29 is 18.0 Å². The van der Waals surface area contributed by atoms with Crippen molar-refractivity contribution in [3.63, 3.8) is 0 Å². The molecule has 0 aromatic heterocycles. The van der Waals surface area contributed by atoms with Crippen molar-refractivity contribution in [2.45, 2.75) is 51.6 Å². The zero-order valence-electron chi connectivity index (χ0n) is 17.3. The summed E-state index contributed by atoms with van der Waals surface area (Å²) in [4.78, 5) is 27.5. The molecule has 1 fully saturated rings. The Morgan fingerprint density at radius 1 is 1.14 bits per heavy atom. The lowest BCUT2D eigenvalue weighted by molar-refractivity contribution is -0.145. The number of sulfonamides is 1. The number of carbonyl (C=O) groups excluding carboxylic acids is 2. The van der Waals surface area contributed by atoms with Gasteiger partial charge in [-0.1, -0.05) is 37.6 Å². The number of hydrogen-bond donors (Lipinski definition) is 1. The van der Waals surface area contributed by atoms with Crippen LogP contribution < -0.4 is 5.32 Å². The Morgan fingerprint density at radius 2 is 1.79 bits per heavy atom. The minimum atomic E-state index is -3.24. The third-order valence-corrected chi connectivity index (χ3v) is 7.99. The molecule has 0 spiro atoms. The van der Waals surface area contributed by atoms with Crippen molar-refractivity contribution in [3.05, 3.63) is 35.4 Å². The van der Waals surface area contributed by atoms with Gasteiger partial charge in [-0.25, -0.2) is 12.7 Å². The summed E-state index contributed by atoms with van der Waals surface area (Å²) in [5.74, 6) is -0.278. The maximum absolute atomic E-state index is 13.3. The lowest BCUT2D eigenvalue weighted by Crippen LogP contribution is -2.54. The standard InChI is InChI=1S/C21H31N3O4S/c1-3-4-13-29(27,28)23-11-9-16(10-12-23)21(26)24-15-18-8-6-5-7-17(18)14-19(24)20(25)22-2/h5-8,16,19H,3-4,9-15H2,1-2H3,(H,22,25). The van der Waals surface area contributed by atoms with Crippen LogP contribution in [-0.2, 0) is 32.6 Å². The fourth-order valence-electron chi connectivity index (χ4n) is 4.23. The number of hydrogen-bond acceptors (Lipinski definition) is 4. The molecule has 0 aliphatic carbocycles. The van der Waals surface area contributed by atoms with E-state index in [9.17, 15) is 18.0 Å². The summed E-state index contributed by atoms with van der Waals surface area (Å²) in [5.41, 5.74) is 2.17. The van der Waals surface area contributed by atoms with Gasteiger partial charge in [0.2, 0.25) is 21.8 Å². The second-order valence-electron chi connectivity index (χ2n) is 7.91. The zero-order chi connectivity index (χ0) is 21.0. The van der Waals surface area contributed by atoms with Crippen LogP contribution in [0, 0.1) is 5.92 Å². The van der Waals surface area contributed by atoms with Crippen LogP contribution in [0.25, 0.3) is 0 Å². The maximum atomic E-state index is 13.3. The van der Waals surface area contributed by atoms with Crippen molar-refractivity contribution in [2.75, 3.05) is 25.9 Å². The number of unbranched alkanes of at least 4 members (excludes halogenated alkanes) is 1. The molecule has 8 heteroatoms. The summed E-state index contributed by atoms with van der Waals surface area (Å²) in [6, 6.07) is 7.38. The smallest absolute Gasteiger partial charge is 0.242 e. The van der Waals surface area contributed by atoms with E-state index in [1.807, 2.05) is 31.2 Å². The molecule has 0 bridgehead atoms. The third kappa shape index (κ3) is 4.80. The first-order valence-corrected chi connectivity index (χ1v) is 12.0. The molecular weight excluding hydrogens is 390 g/mol. The minimum Gasteiger partial charge on any atom is -0.357 e. The van der Waals surface area contributed by atoms with Gasteiger partial charge < -0.3 is 10.2 Å². The molecule has 0 saturated carbocycles. The Labute approximate surface area is 173 Å². The van der Waals surface area contributed by atoms with E-state index in [0.717, 1.165) is 17.5 Å². The number of benzene rings is 1. The molecule has 1 saturated heterocycles. The highest BCUT2D eigenvalue weighted by molar-refractivity contribution is 7.89. The van der Waals surface area contributed by atoms with Gasteiger partial charge in [0, 0.05) is 39.0 Å². The Morgan fingerprint density at radius 3 is 2.41 bits per heavy atom. The average Bonchev–Trinajstić information content (AvgIpc) is 2.75. The Bertz CT molecular complexity index is 847. The van der Waals surface area contributed by atoms with Gasteiger partial charge in [0.25, 0.3) is 0 Å². The lowest BCUT2D eigenvalue weighted by atomic mass is 9.90. The molecule has 1 unspecified atom stereocenters. The van der Waals surface area contributed by atoms with Gasteiger partial charge in [-0.2, -0.15) is 0 Å². The van der Waals surface area contributed by atoms with Crippen LogP contribution in [-0.4, -0.2) is 61.4 Å². The molecule has 2 heterocycles. The Kier molecular flexibility index (Phi) is 6.95. The summed E-state index contributed by atoms with van der Waals surface area (Å²) in [6.07, 6.45) is 3.01. The second-order valence-corrected chi connectivity index (χ2v) is 10.0. The topological polar surface area (TPSA) is 86.8 Å². The average molecular weight is 422 g/mol. The van der Waals surface area contributed by atoms with E-state index in [-0.39, 0.29) is 23.5 Å². The number of likely N-dealkylation sites (N-methyl/N-ethyl adjacent to an activating group) is 1. The van der Waals surface area contributed by atoms with E-state index in [4.69, 9.17) is 0 Å². The van der Waals surface area contributed by atoms with E-state index in [1.165, 1.54) is 4.31 Å². The summed E-state index contributed by atoms with van der Waals surface area (Å²) in [6.45, 7) is 3.14. The number of nitrogens with one attached hydrogen (secondary N) is 1. The number of piperidine rings is 1. The van der Waals surface area contributed by atoms with Gasteiger partial charge in [0.15, 0.2) is 0 Å². The second kappa shape index (κ2) is 9.26. The Hall–Kier alpha value is -1.93. The van der Waals surface area contributed by atoms with Crippen LogP contribution >= 0.6 is 0 Å². The maximum Gasteiger partial charge on any atom is 0.242 e. The minimum absolute atomic E-state index is 0.0429. The van der Waals surface area contributed by atoms with Crippen molar-refractivity contribution in [1.82, 2.24) is 14.5 Å². The summed E-state index contributed by atoms with van der Waals surface area (Å²) < 4.78 is 26.4. The molecular formula is C21H31N3O4S. The fourth-order valence-corrected chi connectivity index (χ4v) is 5.91. The van der Waals surface area contributed by atoms with Crippen LogP contribution in [0.2, 0.25) is 0 Å². The molecule has 3 rings (SSSR count). The van der Waals surface area contributed by atoms with E-state index in [2.05, 4.69) is 5.32 Å². The lowest BCUT2D eigenvalue weighted by Gasteiger charge is -2.39. The zero-order valence-corrected chi connectivity index (χ0v) is 18.1. The molecule has 1 aromatic carbocycles. The summed E-state index contributed by atoms with van der Waals surface area (Å²) in [5, 5.41) is 2.68. The highest BCUT2D eigenvalue weighted by Crippen LogP contribution is 2.28. The predicted molar refractivity (Wildman–Crippen MR) is 112 cm³/mol. The van der Waals surface area contributed by atoms with E-state index in [1.54, 1.807) is 11.9 Å². The summed E-state index contributed by atoms with van der Waals surface area (Å²) in [7, 11) is -1.65. The van der Waals surface area contributed by atoms with E-state index >= 15 is 0 Å². The first-order valence-electron chi connectivity index (χ1n) is 10.4. The van der Waals surface area contributed by atoms with Crippen LogP contribution in [0.5, 0.6) is 0 Å². The predicted octanol–water partition coefficient (Wildman–Crippen LogP) is 1.53. The van der Waals surface area contributed by atoms with Gasteiger partial charge in [-0.15, -0.1) is 0 Å². The first kappa shape index (κ1) is 21.8. The molecule has 2 aliphatic rings. The molecule has 1 atom stereocenters. The number of fused-ring (bicyclic) bond motifs is 1. The van der Waals surface area contributed by atoms with Crippen molar-refractivity contribution >= 4 is 21.8 Å². The van der Waals surface area contributed by atoms with Crippen molar-refractivity contribution in [2.24, 2.45) is 5.92 Å². The van der Waals surface area contributed by atoms with Gasteiger partial charge in [-0.05, 0) is 30.4 Å². The van der Waals surface area contributed by atoms with Crippen molar-refractivity contribution in [3.8, 4) is 0 Å². The van der Waals surface area contributed by atoms with E-state index in [0.29, 0.717) is 45.3 Å². The first-order chi connectivity index (χ1) is 13.9. The highest BCUT2D eigenvalue weighted by Gasteiger charge is 2.39. The van der Waals surface area contributed by atoms with Crippen LogP contribution in [0.4, 0.5) is 0 Å². The van der Waals surface area contributed by atoms with Crippen LogP contribution in [0.1, 0.15) is 43.7 Å². The molecule has 7 nitrogen and oxygen atoms in total. The fraction of sp³-hybridized carbons (Fsp3) is 0.619. The van der Waals surface area contributed by atoms with Crippen LogP contribution in [0.15, 0.2) is 24.3 Å². The SMILES string of the molecule is CCCCS(=O)(=O)N1CCC(C(=O)N2Cc3ccccc3CC2C(=O)NC)CC1. The van der Waals surface area contributed by atoms with Gasteiger partial charge >= 0.3 is 0 Å². The normalized spacial score (nSPS) is 20.9. The molecule has 160 valence electrons. The number of amides is 2. The largest absolute Gasteiger partial charge is 0.357 e. The van der Waals surface area contributed by atoms with Crippen molar-refractivity contribution in [1.29, 1.82) is 0 Å². The summed E-state index contributed by atoms with van der Waals surface area (Å²) >= 11 is 0.